The number of carbonyl (C=O) groups excluding carboxylic acids is 1. The molecule has 1 saturated heterocycles. The highest BCUT2D eigenvalue weighted by Crippen LogP contribution is 2.05. The summed E-state index contributed by atoms with van der Waals surface area (Å²) in [5.41, 5.74) is 0. The fourth-order valence-corrected chi connectivity index (χ4v) is 0.643. The average Bonchev–Trinajstić information content (AvgIpc) is 2.56. The van der Waals surface area contributed by atoms with Crippen LogP contribution in [0, 0.1) is 0 Å². The molecule has 0 aliphatic carbocycles. The lowest BCUT2D eigenvalue weighted by atomic mass is 10.5. The third kappa shape index (κ3) is 6.01. The molecule has 66 valence electrons. The second kappa shape index (κ2) is 7.69. The summed E-state index contributed by atoms with van der Waals surface area (Å²) < 4.78 is 10.2. The Morgan fingerprint density at radius 3 is 2.00 bits per heavy atom. The van der Waals surface area contributed by atoms with E-state index in [9.17, 15) is 4.79 Å². The Balaban J connectivity index is 0.000000218. The zero-order valence-corrected chi connectivity index (χ0v) is 7.21. The lowest BCUT2D eigenvalue weighted by Crippen LogP contribution is -2.03. The van der Waals surface area contributed by atoms with Crippen molar-refractivity contribution in [3.8, 4) is 0 Å². The van der Waals surface area contributed by atoms with Crippen LogP contribution in [0.15, 0.2) is 0 Å². The second-order valence-electron chi connectivity index (χ2n) is 2.15. The number of rotatable bonds is 2. The molecule has 1 aliphatic heterocycles. The largest absolute Gasteiger partial charge is 0.350 e. The predicted molar refractivity (Wildman–Crippen MR) is 42.3 cm³/mol. The van der Waals surface area contributed by atoms with Crippen molar-refractivity contribution in [2.45, 2.75) is 33.0 Å². The average molecular weight is 160 g/mol. The van der Waals surface area contributed by atoms with Crippen molar-refractivity contribution < 1.29 is 14.3 Å². The number of carbonyl (C=O) groups is 1. The van der Waals surface area contributed by atoms with Gasteiger partial charge in [0.2, 0.25) is 0 Å². The van der Waals surface area contributed by atoms with Crippen LogP contribution in [-0.2, 0) is 14.3 Å². The van der Waals surface area contributed by atoms with Crippen LogP contribution >= 0.6 is 0 Å². The molecular weight excluding hydrogens is 144 g/mol. The van der Waals surface area contributed by atoms with Crippen LogP contribution in [0.5, 0.6) is 0 Å². The predicted octanol–water partition coefficient (Wildman–Crippen LogP) is 1.36. The molecule has 0 bridgehead atoms. The second-order valence-corrected chi connectivity index (χ2v) is 2.15. The molecule has 1 aliphatic rings. The summed E-state index contributed by atoms with van der Waals surface area (Å²) >= 11 is 0. The van der Waals surface area contributed by atoms with Crippen molar-refractivity contribution in [3.63, 3.8) is 0 Å². The summed E-state index contributed by atoms with van der Waals surface area (Å²) in [6.45, 7) is 5.42. The van der Waals surface area contributed by atoms with Crippen LogP contribution in [0.4, 0.5) is 0 Å². The van der Waals surface area contributed by atoms with Crippen molar-refractivity contribution in [1.29, 1.82) is 0 Å². The van der Waals surface area contributed by atoms with Gasteiger partial charge in [-0.1, -0.05) is 13.8 Å². The van der Waals surface area contributed by atoms with Crippen LogP contribution in [0.2, 0.25) is 0 Å². The number of aldehydes is 1. The monoisotopic (exact) mass is 160 g/mol. The van der Waals surface area contributed by atoms with Gasteiger partial charge in [0.05, 0.1) is 13.2 Å². The highest BCUT2D eigenvalue weighted by molar-refractivity contribution is 5.48. The van der Waals surface area contributed by atoms with E-state index in [4.69, 9.17) is 9.47 Å². The van der Waals surface area contributed by atoms with Gasteiger partial charge in [-0.15, -0.1) is 0 Å². The SMILES string of the molecule is CCC1OCCO1.CCC=O. The fourth-order valence-electron chi connectivity index (χ4n) is 0.643. The van der Waals surface area contributed by atoms with Gasteiger partial charge >= 0.3 is 0 Å². The zero-order chi connectivity index (χ0) is 8.53. The third-order valence-electron chi connectivity index (χ3n) is 1.19. The summed E-state index contributed by atoms with van der Waals surface area (Å²) in [5.74, 6) is 0. The molecule has 0 aromatic heterocycles. The van der Waals surface area contributed by atoms with Crippen LogP contribution < -0.4 is 0 Å². The molecule has 0 aromatic rings. The molecule has 0 atom stereocenters. The van der Waals surface area contributed by atoms with Gasteiger partial charge in [-0.3, -0.25) is 0 Å². The van der Waals surface area contributed by atoms with E-state index < -0.39 is 0 Å². The molecule has 3 heteroatoms. The summed E-state index contributed by atoms with van der Waals surface area (Å²) in [7, 11) is 0. The van der Waals surface area contributed by atoms with Crippen molar-refractivity contribution in [2.75, 3.05) is 13.2 Å². The smallest absolute Gasteiger partial charge is 0.157 e. The van der Waals surface area contributed by atoms with E-state index in [1.165, 1.54) is 0 Å². The van der Waals surface area contributed by atoms with Gasteiger partial charge in [-0.2, -0.15) is 0 Å². The maximum atomic E-state index is 9.17. The zero-order valence-electron chi connectivity index (χ0n) is 7.21. The van der Waals surface area contributed by atoms with Crippen LogP contribution in [0.3, 0.4) is 0 Å². The summed E-state index contributed by atoms with van der Waals surface area (Å²) in [5, 5.41) is 0. The van der Waals surface area contributed by atoms with Crippen molar-refractivity contribution in [1.82, 2.24) is 0 Å². The summed E-state index contributed by atoms with van der Waals surface area (Å²) in [4.78, 5) is 9.17. The highest BCUT2D eigenvalue weighted by Gasteiger charge is 2.11. The van der Waals surface area contributed by atoms with Crippen LogP contribution in [0.25, 0.3) is 0 Å². The van der Waals surface area contributed by atoms with Crippen molar-refractivity contribution in [2.24, 2.45) is 0 Å². The minimum atomic E-state index is 0.0972. The minimum Gasteiger partial charge on any atom is -0.350 e. The van der Waals surface area contributed by atoms with E-state index in [1.54, 1.807) is 0 Å². The van der Waals surface area contributed by atoms with Gasteiger partial charge in [-0.25, -0.2) is 0 Å². The topological polar surface area (TPSA) is 35.5 Å². The first kappa shape index (κ1) is 10.6. The third-order valence-corrected chi connectivity index (χ3v) is 1.19. The molecule has 0 spiro atoms. The van der Waals surface area contributed by atoms with Gasteiger partial charge in [0.25, 0.3) is 0 Å². The van der Waals surface area contributed by atoms with Gasteiger partial charge in [0.15, 0.2) is 6.29 Å². The summed E-state index contributed by atoms with van der Waals surface area (Å²) in [6.07, 6.45) is 2.58. The molecule has 0 amide bonds. The number of hydrogen-bond donors (Lipinski definition) is 0. The molecule has 1 fully saturated rings. The Labute approximate surface area is 67.7 Å². The Hall–Kier alpha value is -0.410. The van der Waals surface area contributed by atoms with Crippen LogP contribution in [-0.4, -0.2) is 25.8 Å². The first-order valence-electron chi connectivity index (χ1n) is 4.02. The first-order chi connectivity index (χ1) is 5.35. The normalized spacial score (nSPS) is 17.3. The Morgan fingerprint density at radius 2 is 1.82 bits per heavy atom. The molecule has 1 rings (SSSR count). The first-order valence-corrected chi connectivity index (χ1v) is 4.02. The van der Waals surface area contributed by atoms with E-state index >= 15 is 0 Å². The Kier molecular flexibility index (Phi) is 7.41. The van der Waals surface area contributed by atoms with E-state index in [0.717, 1.165) is 25.9 Å². The number of ether oxygens (including phenoxy) is 2. The minimum absolute atomic E-state index is 0.0972. The van der Waals surface area contributed by atoms with E-state index in [0.29, 0.717) is 6.42 Å². The van der Waals surface area contributed by atoms with Gasteiger partial charge in [0.1, 0.15) is 6.29 Å². The van der Waals surface area contributed by atoms with E-state index in [2.05, 4.69) is 6.92 Å². The Morgan fingerprint density at radius 1 is 1.36 bits per heavy atom. The molecule has 3 nitrogen and oxygen atoms in total. The molecule has 11 heavy (non-hydrogen) atoms. The molecule has 0 aromatic carbocycles. The van der Waals surface area contributed by atoms with E-state index in [-0.39, 0.29) is 6.29 Å². The lowest BCUT2D eigenvalue weighted by molar-refractivity contribution is -0.107. The molecule has 0 radical (unpaired) electrons. The molecular formula is C8H16O3. The fraction of sp³-hybridized carbons (Fsp3) is 0.875. The maximum Gasteiger partial charge on any atom is 0.157 e. The number of hydrogen-bond acceptors (Lipinski definition) is 3. The van der Waals surface area contributed by atoms with Crippen molar-refractivity contribution in [3.05, 3.63) is 0 Å². The molecule has 0 saturated carbocycles. The van der Waals surface area contributed by atoms with Gasteiger partial charge in [-0.05, 0) is 6.42 Å². The van der Waals surface area contributed by atoms with E-state index in [1.807, 2.05) is 6.92 Å². The van der Waals surface area contributed by atoms with Crippen molar-refractivity contribution >= 4 is 6.29 Å². The molecule has 0 unspecified atom stereocenters. The highest BCUT2D eigenvalue weighted by atomic mass is 16.7. The summed E-state index contributed by atoms with van der Waals surface area (Å²) in [6, 6.07) is 0. The van der Waals surface area contributed by atoms with Crippen LogP contribution in [0.1, 0.15) is 26.7 Å². The quantitative estimate of drug-likeness (QED) is 0.572. The molecule has 1 heterocycles. The lowest BCUT2D eigenvalue weighted by Gasteiger charge is -2.01. The van der Waals surface area contributed by atoms with Gasteiger partial charge < -0.3 is 14.3 Å². The molecule has 0 N–H and O–H groups in total. The van der Waals surface area contributed by atoms with Gasteiger partial charge in [0, 0.05) is 6.42 Å². The Bertz CT molecular complexity index is 87.3. The standard InChI is InChI=1S/C5H10O2.C3H6O/c1-2-5-6-3-4-7-5;1-2-3-4/h5H,2-4H2,1H3;3H,2H2,1H3. The maximum absolute atomic E-state index is 9.17.